The first-order valence-corrected chi connectivity index (χ1v) is 34.8. The van der Waals surface area contributed by atoms with E-state index >= 15 is 0 Å². The van der Waals surface area contributed by atoms with E-state index in [9.17, 15) is 46.0 Å². The number of hydrogen-bond acceptors (Lipinski definition) is 15. The van der Waals surface area contributed by atoms with Gasteiger partial charge in [-0.25, -0.2) is 27.1 Å². The number of likely N-dealkylation sites (tertiary alicyclic amines) is 2. The molecular weight excluding hydrogens is 1260 g/mol. The summed E-state index contributed by atoms with van der Waals surface area (Å²) < 4.78 is 55.0. The fourth-order valence-corrected chi connectivity index (χ4v) is 12.3. The van der Waals surface area contributed by atoms with Crippen LogP contribution in [0, 0.1) is 23.0 Å². The van der Waals surface area contributed by atoms with Crippen LogP contribution in [0.2, 0.25) is 0 Å². The number of hydrogen-bond donors (Lipinski definition) is 8. The minimum Gasteiger partial charge on any atom is -0.496 e. The number of carboxylic acid groups (broad SMARTS) is 2. The van der Waals surface area contributed by atoms with E-state index in [-0.39, 0.29) is 70.2 Å². The highest BCUT2D eigenvalue weighted by atomic mass is 32.2. The SMILES string of the molecule is CC(=O)NC(CC(C)C)C(=O)O.CCN1CCCC1CNC(=O)c1cc(S(N)(=O)=O)ccc1OC.CNCCc1ccccn1.Fc1ccc(C(c2ccc(F)cc2)N2CCN(C/C=C/c3ccccc3)CC2)cc1.NC(=O)CN1CCCC1=O.NCC1(CC(=O)O)CCCCC1. The molecule has 5 aromatic rings. The summed E-state index contributed by atoms with van der Waals surface area (Å²) in [5.74, 6) is -2.65. The zero-order chi connectivity index (χ0) is 71.3. The van der Waals surface area contributed by atoms with E-state index in [1.54, 1.807) is 0 Å². The molecular formula is C72H103F2N11O11S. The number of carboxylic acids is 2. The van der Waals surface area contributed by atoms with Crippen molar-refractivity contribution in [2.24, 2.45) is 27.9 Å². The summed E-state index contributed by atoms with van der Waals surface area (Å²) >= 11 is 0. The van der Waals surface area contributed by atoms with Gasteiger partial charge in [-0.2, -0.15) is 0 Å². The van der Waals surface area contributed by atoms with E-state index in [4.69, 9.17) is 31.6 Å². The Kier molecular flexibility index (Phi) is 36.3. The number of aromatic nitrogens is 1. The van der Waals surface area contributed by atoms with Crippen LogP contribution in [0.1, 0.15) is 137 Å². The van der Waals surface area contributed by atoms with Crippen LogP contribution in [-0.4, -0.2) is 184 Å². The number of carbonyl (C=O) groups excluding carboxylic acids is 4. The van der Waals surface area contributed by atoms with Crippen LogP contribution in [-0.2, 0) is 40.4 Å². The number of methoxy groups -OCH3 is 1. The number of carbonyl (C=O) groups is 6. The lowest BCUT2D eigenvalue weighted by Gasteiger charge is -2.39. The van der Waals surface area contributed by atoms with Crippen molar-refractivity contribution in [1.82, 2.24) is 40.5 Å². The molecule has 1 aromatic heterocycles. The summed E-state index contributed by atoms with van der Waals surface area (Å²) in [6, 6.07) is 33.2. The lowest BCUT2D eigenvalue weighted by Crippen LogP contribution is -2.47. The number of piperazine rings is 1. The molecule has 25 heteroatoms. The summed E-state index contributed by atoms with van der Waals surface area (Å²) in [4.78, 5) is 78.0. The van der Waals surface area contributed by atoms with Gasteiger partial charge in [-0.05, 0) is 148 Å². The summed E-state index contributed by atoms with van der Waals surface area (Å²) in [5, 5.41) is 30.8. The van der Waals surface area contributed by atoms with Crippen molar-refractivity contribution in [3.8, 4) is 5.75 Å². The second-order valence-corrected chi connectivity index (χ2v) is 26.4. The summed E-state index contributed by atoms with van der Waals surface area (Å²) in [6.45, 7) is 16.7. The number of benzene rings is 4. The van der Waals surface area contributed by atoms with Gasteiger partial charge in [0.25, 0.3) is 5.91 Å². The van der Waals surface area contributed by atoms with Crippen LogP contribution in [0.4, 0.5) is 8.78 Å². The van der Waals surface area contributed by atoms with Gasteiger partial charge in [0, 0.05) is 90.1 Å². The predicted octanol–water partition coefficient (Wildman–Crippen LogP) is 7.87. The molecule has 4 fully saturated rings. The molecule has 4 amide bonds. The van der Waals surface area contributed by atoms with E-state index in [0.717, 1.165) is 121 Å². The van der Waals surface area contributed by atoms with Crippen LogP contribution in [0.25, 0.3) is 6.08 Å². The first-order chi connectivity index (χ1) is 46.3. The zero-order valence-corrected chi connectivity index (χ0v) is 58.0. The Morgan fingerprint density at radius 3 is 1.95 bits per heavy atom. The van der Waals surface area contributed by atoms with Gasteiger partial charge in [-0.1, -0.05) is 113 Å². The molecule has 3 saturated heterocycles. The van der Waals surface area contributed by atoms with Crippen molar-refractivity contribution in [2.45, 2.75) is 128 Å². The Bertz CT molecular complexity index is 3280. The second kappa shape index (κ2) is 43.3. The molecule has 0 bridgehead atoms. The maximum absolute atomic E-state index is 13.5. The molecule has 4 aliphatic rings. The molecule has 0 spiro atoms. The molecule has 9 rings (SSSR count). The van der Waals surface area contributed by atoms with Crippen molar-refractivity contribution in [3.63, 3.8) is 0 Å². The van der Waals surface area contributed by atoms with Gasteiger partial charge in [0.2, 0.25) is 27.7 Å². The average Bonchev–Trinajstić information content (AvgIpc) is 1.73. The number of pyridine rings is 1. The first kappa shape index (κ1) is 81.4. The summed E-state index contributed by atoms with van der Waals surface area (Å²) in [6.07, 6.45) is 17.0. The van der Waals surface area contributed by atoms with Gasteiger partial charge in [0.15, 0.2) is 0 Å². The van der Waals surface area contributed by atoms with Crippen molar-refractivity contribution < 1.29 is 60.9 Å². The molecule has 2 atom stereocenters. The van der Waals surface area contributed by atoms with Crippen molar-refractivity contribution in [2.75, 3.05) is 92.7 Å². The molecule has 11 N–H and O–H groups in total. The lowest BCUT2D eigenvalue weighted by atomic mass is 9.72. The fraction of sp³-hybridized carbons (Fsp3) is 0.486. The Balaban J connectivity index is 0.000000263. The van der Waals surface area contributed by atoms with Gasteiger partial charge in [0.1, 0.15) is 23.4 Å². The molecule has 532 valence electrons. The smallest absolute Gasteiger partial charge is 0.326 e. The van der Waals surface area contributed by atoms with Crippen molar-refractivity contribution >= 4 is 51.7 Å². The Morgan fingerprint density at radius 1 is 0.825 bits per heavy atom. The number of rotatable bonds is 24. The number of primary amides is 1. The van der Waals surface area contributed by atoms with E-state index in [1.165, 1.54) is 73.4 Å². The topological polar surface area (TPSA) is 326 Å². The maximum atomic E-state index is 13.5. The molecule has 4 aromatic carbocycles. The van der Waals surface area contributed by atoms with Crippen molar-refractivity contribution in [3.05, 3.63) is 167 Å². The molecule has 4 heterocycles. The van der Waals surface area contributed by atoms with Crippen LogP contribution >= 0.6 is 0 Å². The van der Waals surface area contributed by atoms with Crippen molar-refractivity contribution in [1.29, 1.82) is 0 Å². The minimum absolute atomic E-state index is 0.00629. The number of nitrogens with one attached hydrogen (secondary N) is 3. The number of nitrogens with zero attached hydrogens (tertiary/aromatic N) is 5. The number of aliphatic carboxylic acids is 2. The monoisotopic (exact) mass is 1370 g/mol. The third-order valence-electron chi connectivity index (χ3n) is 16.9. The quantitative estimate of drug-likeness (QED) is 0.0291. The predicted molar refractivity (Wildman–Crippen MR) is 373 cm³/mol. The van der Waals surface area contributed by atoms with Gasteiger partial charge in [-0.3, -0.25) is 43.7 Å². The third-order valence-corrected chi connectivity index (χ3v) is 17.8. The van der Waals surface area contributed by atoms with Gasteiger partial charge in [0.05, 0.1) is 36.6 Å². The number of halogens is 2. The normalized spacial score (nSPS) is 16.5. The van der Waals surface area contributed by atoms with E-state index in [2.05, 4.69) is 66.8 Å². The highest BCUT2D eigenvalue weighted by Gasteiger charge is 2.33. The molecule has 97 heavy (non-hydrogen) atoms. The maximum Gasteiger partial charge on any atom is 0.326 e. The van der Waals surface area contributed by atoms with Crippen LogP contribution < -0.4 is 37.3 Å². The number of amides is 4. The average molecular weight is 1370 g/mol. The fourth-order valence-electron chi connectivity index (χ4n) is 11.8. The van der Waals surface area contributed by atoms with E-state index < -0.39 is 33.9 Å². The molecule has 2 unspecified atom stereocenters. The highest BCUT2D eigenvalue weighted by Crippen LogP contribution is 2.38. The van der Waals surface area contributed by atoms with E-state index in [0.29, 0.717) is 44.3 Å². The van der Waals surface area contributed by atoms with E-state index in [1.807, 2.05) is 87.8 Å². The van der Waals surface area contributed by atoms with Crippen LogP contribution in [0.5, 0.6) is 5.75 Å². The number of likely N-dealkylation sites (N-methyl/N-ethyl adjacent to an activating group) is 2. The van der Waals surface area contributed by atoms with Gasteiger partial charge < -0.3 is 47.3 Å². The molecule has 0 radical (unpaired) electrons. The Labute approximate surface area is 571 Å². The Morgan fingerprint density at radius 2 is 1.45 bits per heavy atom. The first-order valence-electron chi connectivity index (χ1n) is 33.2. The molecule has 3 aliphatic heterocycles. The number of nitrogens with two attached hydrogens (primary N) is 3. The summed E-state index contributed by atoms with van der Waals surface area (Å²) in [5.41, 5.74) is 15.0. The minimum atomic E-state index is -3.87. The van der Waals surface area contributed by atoms with Crippen LogP contribution in [0.15, 0.2) is 132 Å². The second-order valence-electron chi connectivity index (χ2n) is 24.8. The largest absolute Gasteiger partial charge is 0.496 e. The number of primary sulfonamides is 1. The lowest BCUT2D eigenvalue weighted by molar-refractivity contribution is -0.142. The molecule has 1 saturated carbocycles. The summed E-state index contributed by atoms with van der Waals surface area (Å²) in [7, 11) is -0.494. The molecule has 22 nitrogen and oxygen atoms in total. The molecule has 1 aliphatic carbocycles. The number of sulfonamides is 1. The Hall–Kier alpha value is -8.04. The third kappa shape index (κ3) is 30.5. The standard InChI is InChI=1S/C26H26F2N2.C15H23N3O4S.C9H17NO2.C8H12N2.C8H15NO3.C6H10N2O2/c27-24-12-8-22(9-13-24)26(23-10-14-25(28)15-11-23)30-19-17-29(18-20-30)16-4-7-21-5-2-1-3-6-21;1-3-18-8-4-5-11(18)10-17-15(19)13-9-12(23(16,20)21)6-7-14(13)22-2;10-7-9(6-8(11)12)4-2-1-3-5-9;1-9-7-5-8-4-2-3-6-10-8;1-5(2)4-7(8(11)12)9-6(3)10;7-5(9)4-8-3-1-2-6(8)10/h1-15,26H,16-20H2;6-7,9,11H,3-5,8,10H2,1-2H3,(H,17,19)(H2,16,20,21);1-7,10H2,(H,11,12);2-4,6,9H,5,7H2,1H3;5,7H,4H2,1-3H3,(H,9,10)(H,11,12);1-4H2,(H2,7,9)/b7-4+;;;;;. The zero-order valence-electron chi connectivity index (χ0n) is 57.2. The van der Waals surface area contributed by atoms with Gasteiger partial charge >= 0.3 is 11.9 Å². The van der Waals surface area contributed by atoms with Gasteiger partial charge in [-0.15, -0.1) is 0 Å². The van der Waals surface area contributed by atoms with Crippen LogP contribution in [0.3, 0.4) is 0 Å². The highest BCUT2D eigenvalue weighted by molar-refractivity contribution is 7.89. The number of ether oxygens (including phenoxy) is 1.